The summed E-state index contributed by atoms with van der Waals surface area (Å²) in [4.78, 5) is 14.9. The Balaban J connectivity index is 2.20. The van der Waals surface area contributed by atoms with E-state index < -0.39 is 5.82 Å². The lowest BCUT2D eigenvalue weighted by atomic mass is 10.1. The second-order valence-electron chi connectivity index (χ2n) is 4.28. The van der Waals surface area contributed by atoms with E-state index in [9.17, 15) is 9.18 Å². The summed E-state index contributed by atoms with van der Waals surface area (Å²) in [6, 6.07) is 8.12. The number of rotatable bonds is 4. The Hall–Kier alpha value is -1.59. The molecule has 2 rings (SSSR count). The fourth-order valence-corrected chi connectivity index (χ4v) is 3.05. The Bertz CT molecular complexity index is 629. The van der Waals surface area contributed by atoms with Gasteiger partial charge in [0.05, 0.1) is 22.1 Å². The summed E-state index contributed by atoms with van der Waals surface area (Å²) in [7, 11) is 3.27. The van der Waals surface area contributed by atoms with Crippen LogP contribution >= 0.6 is 22.9 Å². The van der Waals surface area contributed by atoms with Crippen molar-refractivity contribution in [3.63, 3.8) is 0 Å². The summed E-state index contributed by atoms with van der Waals surface area (Å²) in [6.07, 6.45) is 0. The molecule has 1 aromatic heterocycles. The normalized spacial score (nSPS) is 10.4. The Morgan fingerprint density at radius 2 is 2.15 bits per heavy atom. The van der Waals surface area contributed by atoms with E-state index in [1.807, 2.05) is 6.07 Å². The number of nitrogens with zero attached hydrogens (tertiary/aromatic N) is 1. The number of benzene rings is 1. The third-order valence-corrected chi connectivity index (χ3v) is 4.08. The van der Waals surface area contributed by atoms with E-state index in [1.54, 1.807) is 26.2 Å². The fraction of sp³-hybridized carbons (Fsp3) is 0.214. The summed E-state index contributed by atoms with van der Waals surface area (Å²) in [6.45, 7) is 0.440. The summed E-state index contributed by atoms with van der Waals surface area (Å²) >= 11 is 7.29. The molecule has 20 heavy (non-hydrogen) atoms. The van der Waals surface area contributed by atoms with Gasteiger partial charge in [-0.05, 0) is 24.3 Å². The monoisotopic (exact) mass is 312 g/mol. The van der Waals surface area contributed by atoms with Gasteiger partial charge < -0.3 is 10.2 Å². The van der Waals surface area contributed by atoms with Crippen LogP contribution < -0.4 is 5.32 Å². The van der Waals surface area contributed by atoms with E-state index in [0.717, 1.165) is 4.88 Å². The van der Waals surface area contributed by atoms with Gasteiger partial charge in [-0.25, -0.2) is 4.39 Å². The predicted octanol–water partition coefficient (Wildman–Crippen LogP) is 3.85. The number of carbonyl (C=O) groups excluding carboxylic acids is 1. The van der Waals surface area contributed by atoms with E-state index in [0.29, 0.717) is 16.4 Å². The molecular formula is C14H14ClFN2OS. The number of halogens is 2. The predicted molar refractivity (Wildman–Crippen MR) is 81.1 cm³/mol. The van der Waals surface area contributed by atoms with Gasteiger partial charge in [0.15, 0.2) is 0 Å². The maximum absolute atomic E-state index is 13.7. The van der Waals surface area contributed by atoms with E-state index in [-0.39, 0.29) is 11.6 Å². The van der Waals surface area contributed by atoms with Gasteiger partial charge in [0.1, 0.15) is 5.82 Å². The average molecular weight is 313 g/mol. The molecule has 0 fully saturated rings. The number of hydrogen-bond acceptors (Lipinski definition) is 3. The highest BCUT2D eigenvalue weighted by molar-refractivity contribution is 7.16. The molecule has 0 unspecified atom stereocenters. The van der Waals surface area contributed by atoms with Crippen LogP contribution in [-0.2, 0) is 6.54 Å². The van der Waals surface area contributed by atoms with Crippen molar-refractivity contribution in [2.24, 2.45) is 0 Å². The number of para-hydroxylation sites is 1. The topological polar surface area (TPSA) is 32.3 Å². The van der Waals surface area contributed by atoms with E-state index in [1.165, 1.54) is 28.4 Å². The lowest BCUT2D eigenvalue weighted by molar-refractivity contribution is 0.0787. The van der Waals surface area contributed by atoms with Crippen LogP contribution in [-0.4, -0.2) is 24.9 Å². The van der Waals surface area contributed by atoms with E-state index >= 15 is 0 Å². The minimum absolute atomic E-state index is 0.216. The molecule has 106 valence electrons. The smallest absolute Gasteiger partial charge is 0.256 e. The molecule has 0 saturated heterocycles. The van der Waals surface area contributed by atoms with Gasteiger partial charge in [0.2, 0.25) is 0 Å². The Morgan fingerprint density at radius 1 is 1.40 bits per heavy atom. The molecule has 1 heterocycles. The third-order valence-electron chi connectivity index (χ3n) is 2.86. The van der Waals surface area contributed by atoms with Crippen molar-refractivity contribution < 1.29 is 9.18 Å². The molecule has 3 nitrogen and oxygen atoms in total. The number of hydrogen-bond donors (Lipinski definition) is 1. The number of anilines is 1. The molecule has 0 atom stereocenters. The molecule has 6 heteroatoms. The molecule has 0 bridgehead atoms. The molecule has 1 amide bonds. The highest BCUT2D eigenvalue weighted by atomic mass is 35.5. The maximum Gasteiger partial charge on any atom is 0.256 e. The molecule has 0 aliphatic heterocycles. The first-order valence-corrected chi connectivity index (χ1v) is 7.18. The van der Waals surface area contributed by atoms with Crippen LogP contribution in [0.15, 0.2) is 30.3 Å². The molecule has 0 aliphatic rings. The number of thiophene rings is 1. The van der Waals surface area contributed by atoms with Crippen LogP contribution in [0.1, 0.15) is 15.2 Å². The van der Waals surface area contributed by atoms with Crippen LogP contribution in [0.4, 0.5) is 10.1 Å². The van der Waals surface area contributed by atoms with Crippen LogP contribution in [0.5, 0.6) is 0 Å². The molecule has 0 radical (unpaired) electrons. The molecule has 0 saturated carbocycles. The Kier molecular flexibility index (Phi) is 4.62. The fourth-order valence-electron chi connectivity index (χ4n) is 1.90. The standard InChI is InChI=1S/C14H14ClFN2OS/c1-17-13-10(4-3-5-11(13)16)14(19)18(2)8-9-6-7-12(15)20-9/h3-7,17H,8H2,1-2H3. The quantitative estimate of drug-likeness (QED) is 0.930. The van der Waals surface area contributed by atoms with Crippen molar-refractivity contribution in [1.82, 2.24) is 4.90 Å². The zero-order valence-corrected chi connectivity index (χ0v) is 12.7. The average Bonchev–Trinajstić information content (AvgIpc) is 2.82. The summed E-state index contributed by atoms with van der Waals surface area (Å²) in [5, 5.41) is 2.73. The summed E-state index contributed by atoms with van der Waals surface area (Å²) in [5.74, 6) is -0.677. The van der Waals surface area contributed by atoms with Crippen LogP contribution in [0, 0.1) is 5.82 Å². The SMILES string of the molecule is CNc1c(F)cccc1C(=O)N(C)Cc1ccc(Cl)s1. The largest absolute Gasteiger partial charge is 0.385 e. The number of amides is 1. The lowest BCUT2D eigenvalue weighted by Crippen LogP contribution is -2.26. The van der Waals surface area contributed by atoms with Gasteiger partial charge in [-0.15, -0.1) is 11.3 Å². The Labute approximate surface area is 126 Å². The first-order valence-electron chi connectivity index (χ1n) is 5.99. The van der Waals surface area contributed by atoms with Crippen molar-refractivity contribution in [3.05, 3.63) is 50.9 Å². The third kappa shape index (κ3) is 3.11. The van der Waals surface area contributed by atoms with Crippen molar-refractivity contribution in [3.8, 4) is 0 Å². The second kappa shape index (κ2) is 6.24. The van der Waals surface area contributed by atoms with Crippen molar-refractivity contribution in [2.45, 2.75) is 6.54 Å². The molecule has 2 aromatic rings. The second-order valence-corrected chi connectivity index (χ2v) is 6.08. The van der Waals surface area contributed by atoms with E-state index in [2.05, 4.69) is 5.32 Å². The zero-order valence-electron chi connectivity index (χ0n) is 11.1. The summed E-state index contributed by atoms with van der Waals surface area (Å²) in [5.41, 5.74) is 0.534. The van der Waals surface area contributed by atoms with Gasteiger partial charge in [0.25, 0.3) is 5.91 Å². The lowest BCUT2D eigenvalue weighted by Gasteiger charge is -2.18. The minimum Gasteiger partial charge on any atom is -0.385 e. The first-order chi connectivity index (χ1) is 9.52. The van der Waals surface area contributed by atoms with Gasteiger partial charge in [-0.2, -0.15) is 0 Å². The molecule has 0 spiro atoms. The zero-order chi connectivity index (χ0) is 14.7. The van der Waals surface area contributed by atoms with Crippen molar-refractivity contribution >= 4 is 34.5 Å². The molecular weight excluding hydrogens is 299 g/mol. The number of nitrogens with one attached hydrogen (secondary N) is 1. The van der Waals surface area contributed by atoms with Crippen molar-refractivity contribution in [1.29, 1.82) is 0 Å². The van der Waals surface area contributed by atoms with Gasteiger partial charge in [-0.1, -0.05) is 17.7 Å². The molecule has 1 N–H and O–H groups in total. The van der Waals surface area contributed by atoms with Crippen LogP contribution in [0.3, 0.4) is 0 Å². The van der Waals surface area contributed by atoms with Gasteiger partial charge >= 0.3 is 0 Å². The van der Waals surface area contributed by atoms with Gasteiger partial charge in [0, 0.05) is 19.0 Å². The van der Waals surface area contributed by atoms with Crippen LogP contribution in [0.25, 0.3) is 0 Å². The summed E-state index contributed by atoms with van der Waals surface area (Å²) < 4.78 is 14.3. The maximum atomic E-state index is 13.7. The first kappa shape index (κ1) is 14.8. The molecule has 1 aromatic carbocycles. The van der Waals surface area contributed by atoms with Crippen LogP contribution in [0.2, 0.25) is 4.34 Å². The number of carbonyl (C=O) groups is 1. The van der Waals surface area contributed by atoms with Gasteiger partial charge in [-0.3, -0.25) is 4.79 Å². The highest BCUT2D eigenvalue weighted by Gasteiger charge is 2.18. The van der Waals surface area contributed by atoms with Crippen molar-refractivity contribution in [2.75, 3.05) is 19.4 Å². The Morgan fingerprint density at radius 3 is 2.75 bits per heavy atom. The van der Waals surface area contributed by atoms with E-state index in [4.69, 9.17) is 11.6 Å². The minimum atomic E-state index is -0.439. The highest BCUT2D eigenvalue weighted by Crippen LogP contribution is 2.24. The molecule has 0 aliphatic carbocycles.